The van der Waals surface area contributed by atoms with Crippen molar-refractivity contribution in [3.05, 3.63) is 0 Å². The Morgan fingerprint density at radius 1 is 1.33 bits per heavy atom. The SMILES string of the molecule is CC1C(C)C12CCCO2. The maximum Gasteiger partial charge on any atom is 0.0741 e. The molecular formula is C8H14O. The van der Waals surface area contributed by atoms with E-state index in [1.807, 2.05) is 0 Å². The molecule has 1 aliphatic carbocycles. The van der Waals surface area contributed by atoms with Crippen LogP contribution in [-0.2, 0) is 4.74 Å². The van der Waals surface area contributed by atoms with Crippen LogP contribution in [0.4, 0.5) is 0 Å². The molecular weight excluding hydrogens is 112 g/mol. The first-order chi connectivity index (χ1) is 4.27. The van der Waals surface area contributed by atoms with Crippen molar-refractivity contribution < 1.29 is 4.74 Å². The van der Waals surface area contributed by atoms with Gasteiger partial charge in [-0.25, -0.2) is 0 Å². The lowest BCUT2D eigenvalue weighted by atomic mass is 10.2. The van der Waals surface area contributed by atoms with E-state index < -0.39 is 0 Å². The Labute approximate surface area is 56.4 Å². The lowest BCUT2D eigenvalue weighted by Gasteiger charge is -2.05. The molecule has 0 amide bonds. The molecule has 1 spiro atoms. The largest absolute Gasteiger partial charge is 0.374 e. The monoisotopic (exact) mass is 126 g/mol. The van der Waals surface area contributed by atoms with Gasteiger partial charge in [0, 0.05) is 6.61 Å². The molecule has 0 aromatic rings. The summed E-state index contributed by atoms with van der Waals surface area (Å²) < 4.78 is 5.68. The van der Waals surface area contributed by atoms with E-state index in [0.717, 1.165) is 18.4 Å². The summed E-state index contributed by atoms with van der Waals surface area (Å²) in [4.78, 5) is 0. The molecule has 0 bridgehead atoms. The molecule has 0 radical (unpaired) electrons. The smallest absolute Gasteiger partial charge is 0.0741 e. The van der Waals surface area contributed by atoms with E-state index in [0.29, 0.717) is 5.60 Å². The zero-order valence-corrected chi connectivity index (χ0v) is 6.18. The van der Waals surface area contributed by atoms with Crippen LogP contribution < -0.4 is 0 Å². The Hall–Kier alpha value is -0.0400. The van der Waals surface area contributed by atoms with Gasteiger partial charge >= 0.3 is 0 Å². The predicted octanol–water partition coefficient (Wildman–Crippen LogP) is 1.82. The molecule has 2 fully saturated rings. The molecule has 0 aromatic carbocycles. The van der Waals surface area contributed by atoms with Crippen LogP contribution in [0, 0.1) is 11.8 Å². The Bertz CT molecular complexity index is 115. The fourth-order valence-corrected chi connectivity index (χ4v) is 2.22. The average Bonchev–Trinajstić information content (AvgIpc) is 2.44. The maximum absolute atomic E-state index is 5.68. The van der Waals surface area contributed by atoms with Gasteiger partial charge in [-0.05, 0) is 24.7 Å². The van der Waals surface area contributed by atoms with Gasteiger partial charge in [-0.15, -0.1) is 0 Å². The minimum absolute atomic E-state index is 0.361. The van der Waals surface area contributed by atoms with Crippen LogP contribution in [0.15, 0.2) is 0 Å². The molecule has 2 atom stereocenters. The summed E-state index contributed by atoms with van der Waals surface area (Å²) in [6, 6.07) is 0. The van der Waals surface area contributed by atoms with Crippen LogP contribution >= 0.6 is 0 Å². The van der Waals surface area contributed by atoms with Crippen LogP contribution in [0.1, 0.15) is 26.7 Å². The molecule has 0 N–H and O–H groups in total. The quantitative estimate of drug-likeness (QED) is 0.481. The van der Waals surface area contributed by atoms with E-state index in [-0.39, 0.29) is 0 Å². The lowest BCUT2D eigenvalue weighted by Crippen LogP contribution is -2.09. The second-order valence-corrected chi connectivity index (χ2v) is 3.48. The highest BCUT2D eigenvalue weighted by Crippen LogP contribution is 2.58. The Morgan fingerprint density at radius 3 is 2.22 bits per heavy atom. The molecule has 1 aliphatic heterocycles. The third-order valence-corrected chi connectivity index (χ3v) is 3.27. The zero-order chi connectivity index (χ0) is 6.48. The average molecular weight is 126 g/mol. The van der Waals surface area contributed by atoms with E-state index in [1.165, 1.54) is 12.8 Å². The Balaban J connectivity index is 2.11. The second kappa shape index (κ2) is 1.51. The highest BCUT2D eigenvalue weighted by atomic mass is 16.5. The van der Waals surface area contributed by atoms with Crippen molar-refractivity contribution in [1.29, 1.82) is 0 Å². The molecule has 1 heterocycles. The second-order valence-electron chi connectivity index (χ2n) is 3.48. The Morgan fingerprint density at radius 2 is 2.00 bits per heavy atom. The summed E-state index contributed by atoms with van der Waals surface area (Å²) in [7, 11) is 0. The molecule has 9 heavy (non-hydrogen) atoms. The van der Waals surface area contributed by atoms with E-state index in [9.17, 15) is 0 Å². The van der Waals surface area contributed by atoms with Gasteiger partial charge in [0.05, 0.1) is 5.60 Å². The van der Waals surface area contributed by atoms with Crippen LogP contribution in [0.25, 0.3) is 0 Å². The predicted molar refractivity (Wildman–Crippen MR) is 36.2 cm³/mol. The Kier molecular flexibility index (Phi) is 0.963. The first-order valence-electron chi connectivity index (χ1n) is 3.91. The normalized spacial score (nSPS) is 56.7. The van der Waals surface area contributed by atoms with Crippen molar-refractivity contribution in [3.63, 3.8) is 0 Å². The van der Waals surface area contributed by atoms with Gasteiger partial charge in [-0.3, -0.25) is 0 Å². The minimum Gasteiger partial charge on any atom is -0.374 e. The highest BCUT2D eigenvalue weighted by molar-refractivity contribution is 5.10. The van der Waals surface area contributed by atoms with E-state index >= 15 is 0 Å². The van der Waals surface area contributed by atoms with Gasteiger partial charge in [-0.2, -0.15) is 0 Å². The molecule has 2 unspecified atom stereocenters. The minimum atomic E-state index is 0.361. The van der Waals surface area contributed by atoms with Crippen molar-refractivity contribution in [2.24, 2.45) is 11.8 Å². The van der Waals surface area contributed by atoms with Crippen molar-refractivity contribution in [2.45, 2.75) is 32.3 Å². The maximum atomic E-state index is 5.68. The van der Waals surface area contributed by atoms with Gasteiger partial charge in [0.15, 0.2) is 0 Å². The molecule has 52 valence electrons. The first-order valence-corrected chi connectivity index (χ1v) is 3.91. The van der Waals surface area contributed by atoms with Crippen LogP contribution in [0.5, 0.6) is 0 Å². The van der Waals surface area contributed by atoms with Crippen LogP contribution in [0.2, 0.25) is 0 Å². The summed E-state index contributed by atoms with van der Waals surface area (Å²) in [6.45, 7) is 5.61. The molecule has 0 aromatic heterocycles. The third kappa shape index (κ3) is 0.536. The first kappa shape index (κ1) is 5.72. The summed E-state index contributed by atoms with van der Waals surface area (Å²) in [5, 5.41) is 0. The lowest BCUT2D eigenvalue weighted by molar-refractivity contribution is 0.0698. The van der Waals surface area contributed by atoms with Gasteiger partial charge in [0.1, 0.15) is 0 Å². The van der Waals surface area contributed by atoms with Gasteiger partial charge in [-0.1, -0.05) is 13.8 Å². The van der Waals surface area contributed by atoms with Gasteiger partial charge in [0.25, 0.3) is 0 Å². The standard InChI is InChI=1S/C8H14O/c1-6-7(2)8(6)4-3-5-9-8/h6-7H,3-5H2,1-2H3. The summed E-state index contributed by atoms with van der Waals surface area (Å²) in [5.41, 5.74) is 0.361. The molecule has 2 aliphatic rings. The fraction of sp³-hybridized carbons (Fsp3) is 1.00. The summed E-state index contributed by atoms with van der Waals surface area (Å²) >= 11 is 0. The van der Waals surface area contributed by atoms with Crippen molar-refractivity contribution >= 4 is 0 Å². The highest BCUT2D eigenvalue weighted by Gasteiger charge is 2.61. The van der Waals surface area contributed by atoms with Gasteiger partial charge < -0.3 is 4.74 Å². The fourth-order valence-electron chi connectivity index (χ4n) is 2.22. The number of rotatable bonds is 0. The van der Waals surface area contributed by atoms with Crippen molar-refractivity contribution in [3.8, 4) is 0 Å². The van der Waals surface area contributed by atoms with Crippen molar-refractivity contribution in [1.82, 2.24) is 0 Å². The number of ether oxygens (including phenoxy) is 1. The molecule has 1 saturated carbocycles. The number of hydrogen-bond donors (Lipinski definition) is 0. The number of hydrogen-bond acceptors (Lipinski definition) is 1. The topological polar surface area (TPSA) is 9.23 Å². The van der Waals surface area contributed by atoms with Crippen molar-refractivity contribution in [2.75, 3.05) is 6.61 Å². The molecule has 1 heteroatoms. The van der Waals surface area contributed by atoms with E-state index in [1.54, 1.807) is 0 Å². The summed E-state index contributed by atoms with van der Waals surface area (Å²) in [5.74, 6) is 1.67. The molecule has 1 nitrogen and oxygen atoms in total. The van der Waals surface area contributed by atoms with E-state index in [4.69, 9.17) is 4.74 Å². The van der Waals surface area contributed by atoms with Crippen LogP contribution in [-0.4, -0.2) is 12.2 Å². The zero-order valence-electron chi connectivity index (χ0n) is 6.18. The summed E-state index contributed by atoms with van der Waals surface area (Å²) in [6.07, 6.45) is 2.60. The van der Waals surface area contributed by atoms with E-state index in [2.05, 4.69) is 13.8 Å². The van der Waals surface area contributed by atoms with Crippen LogP contribution in [0.3, 0.4) is 0 Å². The molecule has 2 rings (SSSR count). The molecule has 1 saturated heterocycles. The van der Waals surface area contributed by atoms with Gasteiger partial charge in [0.2, 0.25) is 0 Å². The third-order valence-electron chi connectivity index (χ3n) is 3.27.